The van der Waals surface area contributed by atoms with Crippen molar-refractivity contribution >= 4 is 11.2 Å². The van der Waals surface area contributed by atoms with Crippen LogP contribution in [0.1, 0.15) is 87.4 Å². The molecule has 5 heteroatoms. The molecule has 0 aliphatic heterocycles. The molecule has 0 saturated heterocycles. The Hall–Kier alpha value is -6.20. The van der Waals surface area contributed by atoms with Crippen molar-refractivity contribution in [2.24, 2.45) is 0 Å². The smallest absolute Gasteiger partial charge is 0.164 e. The summed E-state index contributed by atoms with van der Waals surface area (Å²) < 4.78 is 2.20. The highest BCUT2D eigenvalue weighted by molar-refractivity contribution is 5.96. The third kappa shape index (κ3) is 6.86. The molecule has 2 aliphatic carbocycles. The number of benzene rings is 4. The van der Waals surface area contributed by atoms with E-state index in [1.165, 1.54) is 92.3 Å². The van der Waals surface area contributed by atoms with Crippen molar-refractivity contribution < 1.29 is 0 Å². The largest absolute Gasteiger partial charge is 0.277 e. The molecule has 4 heterocycles. The van der Waals surface area contributed by atoms with Gasteiger partial charge in [0.1, 0.15) is 11.3 Å². The van der Waals surface area contributed by atoms with E-state index in [1.807, 2.05) is 12.3 Å². The normalized spacial score (nSPS) is 15.2. The summed E-state index contributed by atoms with van der Waals surface area (Å²) in [7, 11) is 0. The number of para-hydroxylation sites is 1. The van der Waals surface area contributed by atoms with Crippen molar-refractivity contribution in [3.8, 4) is 61.8 Å². The fourth-order valence-electron chi connectivity index (χ4n) is 9.41. The molecule has 2 fully saturated rings. The molecule has 0 spiro atoms. The molecule has 4 aromatic heterocycles. The van der Waals surface area contributed by atoms with Gasteiger partial charge < -0.3 is 0 Å². The second kappa shape index (κ2) is 15.7. The highest BCUT2D eigenvalue weighted by Crippen LogP contribution is 2.45. The maximum Gasteiger partial charge on any atom is 0.164 e. The molecule has 8 aromatic rings. The van der Waals surface area contributed by atoms with E-state index in [1.54, 1.807) is 0 Å². The van der Waals surface area contributed by atoms with Crippen LogP contribution >= 0.6 is 0 Å². The molecule has 2 saturated carbocycles. The predicted octanol–water partition coefficient (Wildman–Crippen LogP) is 13.6. The summed E-state index contributed by atoms with van der Waals surface area (Å²) in [6, 6.07) is 52.0. The zero-order chi connectivity index (χ0) is 38.0. The second-order valence-corrected chi connectivity index (χ2v) is 15.8. The van der Waals surface area contributed by atoms with E-state index in [4.69, 9.17) is 19.9 Å². The molecule has 10 rings (SSSR count). The quantitative estimate of drug-likeness (QED) is 0.156. The number of hydrogen-bond acceptors (Lipinski definition) is 4. The number of hydrogen-bond donors (Lipinski definition) is 0. The Balaban J connectivity index is 1.24. The maximum absolute atomic E-state index is 5.77. The first-order chi connectivity index (χ1) is 28.3. The zero-order valence-corrected chi connectivity index (χ0v) is 32.4. The van der Waals surface area contributed by atoms with Crippen LogP contribution in [0.4, 0.5) is 0 Å². The van der Waals surface area contributed by atoms with E-state index in [9.17, 15) is 0 Å². The average Bonchev–Trinajstić information content (AvgIpc) is 3.69. The summed E-state index contributed by atoms with van der Waals surface area (Å²) in [4.78, 5) is 21.7. The first-order valence-electron chi connectivity index (χ1n) is 21.0. The number of rotatable bonds is 8. The lowest BCUT2D eigenvalue weighted by Crippen LogP contribution is -2.10. The Kier molecular flexibility index (Phi) is 9.73. The Bertz CT molecular complexity index is 2650. The van der Waals surface area contributed by atoms with Gasteiger partial charge in [0.15, 0.2) is 5.65 Å². The Morgan fingerprint density at radius 2 is 0.912 bits per heavy atom. The Labute approximate surface area is 335 Å². The summed E-state index contributed by atoms with van der Waals surface area (Å²) >= 11 is 0. The van der Waals surface area contributed by atoms with E-state index >= 15 is 0 Å². The van der Waals surface area contributed by atoms with Gasteiger partial charge in [-0.05, 0) is 84.3 Å². The SMILES string of the molecule is c1ccc(-c2ccccc2-c2ccc(C3CCCCC3)nc2-c2nc(C3CCCCC3)ccc2-c2ccccc2-c2nc3cccnc3n2-c2ccccc2)cc1. The summed E-state index contributed by atoms with van der Waals surface area (Å²) in [5.41, 5.74) is 14.8. The zero-order valence-electron chi connectivity index (χ0n) is 32.4. The first-order valence-corrected chi connectivity index (χ1v) is 21.0. The van der Waals surface area contributed by atoms with Gasteiger partial charge in [-0.15, -0.1) is 0 Å². The molecule has 0 atom stereocenters. The summed E-state index contributed by atoms with van der Waals surface area (Å²) in [6.07, 6.45) is 14.2. The third-order valence-electron chi connectivity index (χ3n) is 12.3. The summed E-state index contributed by atoms with van der Waals surface area (Å²) in [5, 5.41) is 0. The molecule has 0 radical (unpaired) electrons. The van der Waals surface area contributed by atoms with E-state index < -0.39 is 0 Å². The van der Waals surface area contributed by atoms with Gasteiger partial charge in [-0.2, -0.15) is 0 Å². The van der Waals surface area contributed by atoms with Crippen LogP contribution in [-0.2, 0) is 0 Å². The van der Waals surface area contributed by atoms with Crippen LogP contribution in [0.15, 0.2) is 152 Å². The van der Waals surface area contributed by atoms with Gasteiger partial charge in [0.25, 0.3) is 0 Å². The molecule has 0 bridgehead atoms. The number of imidazole rings is 1. The van der Waals surface area contributed by atoms with Gasteiger partial charge in [-0.25, -0.2) is 9.97 Å². The number of pyridine rings is 3. The van der Waals surface area contributed by atoms with Crippen molar-refractivity contribution in [3.05, 3.63) is 163 Å². The van der Waals surface area contributed by atoms with Gasteiger partial charge in [-0.3, -0.25) is 14.5 Å². The molecule has 0 N–H and O–H groups in total. The predicted molar refractivity (Wildman–Crippen MR) is 233 cm³/mol. The van der Waals surface area contributed by atoms with Crippen LogP contribution in [0, 0.1) is 0 Å². The van der Waals surface area contributed by atoms with Crippen LogP contribution in [0.3, 0.4) is 0 Å². The number of fused-ring (bicyclic) bond motifs is 1. The minimum absolute atomic E-state index is 0.441. The molecule has 0 amide bonds. The minimum Gasteiger partial charge on any atom is -0.277 e. The van der Waals surface area contributed by atoms with Gasteiger partial charge in [-0.1, -0.05) is 148 Å². The van der Waals surface area contributed by atoms with Crippen LogP contribution in [-0.4, -0.2) is 24.5 Å². The first kappa shape index (κ1) is 35.2. The lowest BCUT2D eigenvalue weighted by Gasteiger charge is -2.25. The Morgan fingerprint density at radius 3 is 1.51 bits per heavy atom. The molecular formula is C52H47N5. The average molecular weight is 742 g/mol. The van der Waals surface area contributed by atoms with E-state index in [2.05, 4.69) is 144 Å². The van der Waals surface area contributed by atoms with Crippen LogP contribution in [0.2, 0.25) is 0 Å². The van der Waals surface area contributed by atoms with Gasteiger partial charge in [0.05, 0.1) is 11.4 Å². The number of nitrogens with zero attached hydrogens (tertiary/aromatic N) is 5. The second-order valence-electron chi connectivity index (χ2n) is 15.8. The highest BCUT2D eigenvalue weighted by atomic mass is 15.1. The van der Waals surface area contributed by atoms with Crippen LogP contribution < -0.4 is 0 Å². The van der Waals surface area contributed by atoms with Gasteiger partial charge in [0, 0.05) is 51.8 Å². The molecule has 2 aliphatic rings. The fourth-order valence-corrected chi connectivity index (χ4v) is 9.41. The van der Waals surface area contributed by atoms with Crippen LogP contribution in [0.25, 0.3) is 73.0 Å². The van der Waals surface area contributed by atoms with Crippen molar-refractivity contribution in [1.29, 1.82) is 0 Å². The van der Waals surface area contributed by atoms with Crippen LogP contribution in [0.5, 0.6) is 0 Å². The lowest BCUT2D eigenvalue weighted by molar-refractivity contribution is 0.436. The fraction of sp³-hybridized carbons (Fsp3) is 0.231. The number of aromatic nitrogens is 5. The lowest BCUT2D eigenvalue weighted by atomic mass is 9.84. The minimum atomic E-state index is 0.441. The van der Waals surface area contributed by atoms with Crippen molar-refractivity contribution in [2.75, 3.05) is 0 Å². The van der Waals surface area contributed by atoms with Crippen molar-refractivity contribution in [2.45, 2.75) is 76.0 Å². The van der Waals surface area contributed by atoms with E-state index in [-0.39, 0.29) is 0 Å². The Morgan fingerprint density at radius 1 is 0.404 bits per heavy atom. The third-order valence-corrected chi connectivity index (χ3v) is 12.3. The topological polar surface area (TPSA) is 56.5 Å². The molecular weight excluding hydrogens is 695 g/mol. The summed E-state index contributed by atoms with van der Waals surface area (Å²) in [5.74, 6) is 1.74. The van der Waals surface area contributed by atoms with Crippen molar-refractivity contribution in [3.63, 3.8) is 0 Å². The van der Waals surface area contributed by atoms with Gasteiger partial charge >= 0.3 is 0 Å². The van der Waals surface area contributed by atoms with Crippen molar-refractivity contribution in [1.82, 2.24) is 24.5 Å². The monoisotopic (exact) mass is 741 g/mol. The summed E-state index contributed by atoms with van der Waals surface area (Å²) in [6.45, 7) is 0. The molecule has 57 heavy (non-hydrogen) atoms. The molecule has 4 aromatic carbocycles. The maximum atomic E-state index is 5.77. The van der Waals surface area contributed by atoms with Gasteiger partial charge in [0.2, 0.25) is 0 Å². The molecule has 5 nitrogen and oxygen atoms in total. The molecule has 280 valence electrons. The van der Waals surface area contributed by atoms with E-state index in [0.29, 0.717) is 11.8 Å². The standard InChI is InChI=1S/C52H47N5/c1-5-18-36(19-6-1)40-26-13-14-27-41(40)43-31-33-46(37-20-7-2-8-21-37)54-49(43)50-44(32-34-47(55-50)38-22-9-3-10-23-38)42-28-15-16-29-45(42)51-56-48-30-17-35-53-52(48)57(51)39-24-11-4-12-25-39/h1,4-6,11-19,24-35,37-38H,2-3,7-10,20-23H2. The highest BCUT2D eigenvalue weighted by Gasteiger charge is 2.27. The molecule has 0 unspecified atom stereocenters. The van der Waals surface area contributed by atoms with E-state index in [0.717, 1.165) is 56.3 Å².